The van der Waals surface area contributed by atoms with Gasteiger partial charge in [0.2, 0.25) is 0 Å². The Morgan fingerprint density at radius 2 is 1.73 bits per heavy atom. The highest BCUT2D eigenvalue weighted by Gasteiger charge is 1.99. The van der Waals surface area contributed by atoms with Crippen LogP contribution in [-0.2, 0) is 4.79 Å². The summed E-state index contributed by atoms with van der Waals surface area (Å²) >= 11 is 0. The summed E-state index contributed by atoms with van der Waals surface area (Å²) < 4.78 is 0. The zero-order valence-electron chi connectivity index (χ0n) is 9.80. The summed E-state index contributed by atoms with van der Waals surface area (Å²) in [6.45, 7) is 3.53. The number of rotatable bonds is 7. The molecule has 0 unspecified atom stereocenters. The van der Waals surface area contributed by atoms with Crippen LogP contribution >= 0.6 is 0 Å². The Hall–Kier alpha value is -1.10. The molecule has 0 aliphatic rings. The fraction of sp³-hybridized carbons (Fsp3) is 0.800. The van der Waals surface area contributed by atoms with Gasteiger partial charge in [0, 0.05) is 19.5 Å². The highest BCUT2D eigenvalue weighted by Crippen LogP contribution is 1.81. The molecule has 0 aliphatic heterocycles. The lowest BCUT2D eigenvalue weighted by atomic mass is 10.3. The molecule has 15 heavy (non-hydrogen) atoms. The van der Waals surface area contributed by atoms with Gasteiger partial charge in [0.15, 0.2) is 0 Å². The second kappa shape index (κ2) is 8.23. The lowest BCUT2D eigenvalue weighted by Gasteiger charge is -2.10. The van der Waals surface area contributed by atoms with Crippen LogP contribution in [0.2, 0.25) is 0 Å². The molecule has 0 fully saturated rings. The fourth-order valence-electron chi connectivity index (χ4n) is 1.01. The molecule has 0 aromatic rings. The highest BCUT2D eigenvalue weighted by molar-refractivity contribution is 5.77. The van der Waals surface area contributed by atoms with Crippen molar-refractivity contribution in [3.05, 3.63) is 0 Å². The molecule has 88 valence electrons. The lowest BCUT2D eigenvalue weighted by molar-refractivity contribution is -0.116. The van der Waals surface area contributed by atoms with Gasteiger partial charge in [-0.1, -0.05) is 0 Å². The highest BCUT2D eigenvalue weighted by atomic mass is 16.2. The predicted molar refractivity (Wildman–Crippen MR) is 59.9 cm³/mol. The number of nitrogens with one attached hydrogen (secondary N) is 2. The maximum atomic E-state index is 11.1. The third kappa shape index (κ3) is 10.8. The monoisotopic (exact) mass is 215 g/mol. The van der Waals surface area contributed by atoms with Crippen molar-refractivity contribution < 1.29 is 9.59 Å². The zero-order chi connectivity index (χ0) is 11.7. The molecular formula is C10H21N3O2. The van der Waals surface area contributed by atoms with Gasteiger partial charge in [0.05, 0.1) is 0 Å². The summed E-state index contributed by atoms with van der Waals surface area (Å²) in [7, 11) is 3.99. The third-order valence-electron chi connectivity index (χ3n) is 1.83. The van der Waals surface area contributed by atoms with Crippen LogP contribution in [0.3, 0.4) is 0 Å². The van der Waals surface area contributed by atoms with E-state index in [1.807, 2.05) is 14.1 Å². The number of Topliss-reactive ketones (excluding diaryl/α,β-unsaturated/α-hetero) is 1. The topological polar surface area (TPSA) is 61.4 Å². The number of nitrogens with zero attached hydrogens (tertiary/aromatic N) is 1. The first-order chi connectivity index (χ1) is 7.02. The summed E-state index contributed by atoms with van der Waals surface area (Å²) in [5.74, 6) is 0.0860. The molecule has 2 N–H and O–H groups in total. The molecule has 0 heterocycles. The van der Waals surface area contributed by atoms with E-state index in [4.69, 9.17) is 0 Å². The number of urea groups is 1. The second-order valence-electron chi connectivity index (χ2n) is 3.79. The molecule has 5 nitrogen and oxygen atoms in total. The van der Waals surface area contributed by atoms with Crippen molar-refractivity contribution in [2.24, 2.45) is 0 Å². The third-order valence-corrected chi connectivity index (χ3v) is 1.83. The van der Waals surface area contributed by atoms with Gasteiger partial charge in [-0.05, 0) is 34.0 Å². The number of hydrogen-bond donors (Lipinski definition) is 2. The largest absolute Gasteiger partial charge is 0.338 e. The molecular weight excluding hydrogens is 194 g/mol. The second-order valence-corrected chi connectivity index (χ2v) is 3.79. The Bertz CT molecular complexity index is 205. The van der Waals surface area contributed by atoms with E-state index in [2.05, 4.69) is 15.5 Å². The van der Waals surface area contributed by atoms with E-state index in [1.54, 1.807) is 0 Å². The van der Waals surface area contributed by atoms with Crippen LogP contribution in [0.1, 0.15) is 19.8 Å². The number of carbonyl (C=O) groups excluding carboxylic acids is 2. The molecule has 0 saturated carbocycles. The Balaban J connectivity index is 3.30. The van der Waals surface area contributed by atoms with Gasteiger partial charge in [-0.2, -0.15) is 0 Å². The summed E-state index contributed by atoms with van der Waals surface area (Å²) in [5.41, 5.74) is 0. The van der Waals surface area contributed by atoms with Crippen LogP contribution in [0.5, 0.6) is 0 Å². The molecule has 0 saturated heterocycles. The van der Waals surface area contributed by atoms with E-state index < -0.39 is 0 Å². The summed E-state index contributed by atoms with van der Waals surface area (Å²) in [6.07, 6.45) is 1.32. The maximum absolute atomic E-state index is 11.1. The number of ketones is 1. The van der Waals surface area contributed by atoms with Gasteiger partial charge in [-0.25, -0.2) is 4.79 Å². The average molecular weight is 215 g/mol. The normalized spacial score (nSPS) is 10.1. The van der Waals surface area contributed by atoms with Crippen molar-refractivity contribution in [3.63, 3.8) is 0 Å². The molecule has 5 heteroatoms. The fourth-order valence-corrected chi connectivity index (χ4v) is 1.01. The van der Waals surface area contributed by atoms with E-state index in [-0.39, 0.29) is 11.8 Å². The average Bonchev–Trinajstić information content (AvgIpc) is 2.11. The van der Waals surface area contributed by atoms with Crippen molar-refractivity contribution >= 4 is 11.8 Å². The molecule has 2 amide bonds. The Morgan fingerprint density at radius 1 is 1.13 bits per heavy atom. The minimum atomic E-state index is -0.199. The van der Waals surface area contributed by atoms with Crippen LogP contribution in [0.15, 0.2) is 0 Å². The summed E-state index contributed by atoms with van der Waals surface area (Å²) in [6, 6.07) is -0.199. The molecule has 0 spiro atoms. The SMILES string of the molecule is CC(=O)CCNC(=O)NCCCN(C)C. The molecule has 0 aliphatic carbocycles. The molecule has 0 aromatic carbocycles. The number of carbonyl (C=O) groups is 2. The van der Waals surface area contributed by atoms with Crippen LogP contribution < -0.4 is 10.6 Å². The van der Waals surface area contributed by atoms with Gasteiger partial charge in [0.1, 0.15) is 5.78 Å². The minimum Gasteiger partial charge on any atom is -0.338 e. The van der Waals surface area contributed by atoms with E-state index in [1.165, 1.54) is 6.92 Å². The molecule has 0 rings (SSSR count). The van der Waals surface area contributed by atoms with Crippen LogP contribution in [0.25, 0.3) is 0 Å². The van der Waals surface area contributed by atoms with E-state index in [9.17, 15) is 9.59 Å². The lowest BCUT2D eigenvalue weighted by Crippen LogP contribution is -2.37. The maximum Gasteiger partial charge on any atom is 0.314 e. The quantitative estimate of drug-likeness (QED) is 0.597. The Kier molecular flexibility index (Phi) is 7.62. The van der Waals surface area contributed by atoms with Crippen molar-refractivity contribution in [2.45, 2.75) is 19.8 Å². The van der Waals surface area contributed by atoms with Crippen LogP contribution in [0.4, 0.5) is 4.79 Å². The van der Waals surface area contributed by atoms with Gasteiger partial charge >= 0.3 is 6.03 Å². The first kappa shape index (κ1) is 13.9. The standard InChI is InChI=1S/C10H21N3O2/c1-9(14)5-7-12-10(15)11-6-4-8-13(2)3/h4-8H2,1-3H3,(H2,11,12,15). The first-order valence-corrected chi connectivity index (χ1v) is 5.18. The van der Waals surface area contributed by atoms with Crippen molar-refractivity contribution in [1.82, 2.24) is 15.5 Å². The number of hydrogen-bond acceptors (Lipinski definition) is 3. The Labute approximate surface area is 91.2 Å². The van der Waals surface area contributed by atoms with Crippen molar-refractivity contribution in [1.29, 1.82) is 0 Å². The van der Waals surface area contributed by atoms with E-state index in [0.29, 0.717) is 19.5 Å². The van der Waals surface area contributed by atoms with Gasteiger partial charge in [-0.15, -0.1) is 0 Å². The summed E-state index contributed by atoms with van der Waals surface area (Å²) in [4.78, 5) is 23.8. The zero-order valence-corrected chi connectivity index (χ0v) is 9.80. The summed E-state index contributed by atoms with van der Waals surface area (Å²) in [5, 5.41) is 5.34. The Morgan fingerprint density at radius 3 is 2.27 bits per heavy atom. The van der Waals surface area contributed by atoms with Crippen LogP contribution in [0, 0.1) is 0 Å². The van der Waals surface area contributed by atoms with Crippen molar-refractivity contribution in [3.8, 4) is 0 Å². The van der Waals surface area contributed by atoms with E-state index >= 15 is 0 Å². The van der Waals surface area contributed by atoms with Gasteiger partial charge in [0.25, 0.3) is 0 Å². The van der Waals surface area contributed by atoms with Gasteiger partial charge in [-0.3, -0.25) is 4.79 Å². The van der Waals surface area contributed by atoms with Crippen LogP contribution in [-0.4, -0.2) is 50.4 Å². The molecule has 0 radical (unpaired) electrons. The molecule has 0 bridgehead atoms. The molecule has 0 atom stereocenters. The number of amides is 2. The van der Waals surface area contributed by atoms with E-state index in [0.717, 1.165) is 13.0 Å². The predicted octanol–water partition coefficient (Wildman–Crippen LogP) is 0.216. The minimum absolute atomic E-state index is 0.0860. The molecule has 0 aromatic heterocycles. The van der Waals surface area contributed by atoms with Gasteiger partial charge < -0.3 is 15.5 Å². The first-order valence-electron chi connectivity index (χ1n) is 5.18. The smallest absolute Gasteiger partial charge is 0.314 e. The van der Waals surface area contributed by atoms with Crippen molar-refractivity contribution in [2.75, 3.05) is 33.7 Å².